The first-order valence-corrected chi connectivity index (χ1v) is 6.61. The number of azo groups is 1. The van der Waals surface area contributed by atoms with Crippen molar-refractivity contribution in [3.05, 3.63) is 60.7 Å². The lowest BCUT2D eigenvalue weighted by Gasteiger charge is -2.04. The number of benzene rings is 3. The van der Waals surface area contributed by atoms with Crippen molar-refractivity contribution in [1.29, 1.82) is 0 Å². The summed E-state index contributed by atoms with van der Waals surface area (Å²) in [5.41, 5.74) is 8.30. The zero-order valence-corrected chi connectivity index (χ0v) is 11.7. The van der Waals surface area contributed by atoms with Gasteiger partial charge in [-0.25, -0.2) is 0 Å². The summed E-state index contributed by atoms with van der Waals surface area (Å²) in [6.45, 7) is 0. The van der Waals surface area contributed by atoms with Crippen LogP contribution in [0.15, 0.2) is 70.9 Å². The summed E-state index contributed by atoms with van der Waals surface area (Å²) in [6, 6.07) is 19.1. The molecule has 0 radical (unpaired) electrons. The maximum absolute atomic E-state index is 5.98. The number of nitrogens with zero attached hydrogens (tertiary/aromatic N) is 2. The Balaban J connectivity index is 1.97. The van der Waals surface area contributed by atoms with Crippen LogP contribution in [0.4, 0.5) is 17.1 Å². The molecule has 0 spiro atoms. The van der Waals surface area contributed by atoms with Crippen molar-refractivity contribution in [3.8, 4) is 5.75 Å². The molecule has 0 aliphatic heterocycles. The van der Waals surface area contributed by atoms with E-state index in [0.717, 1.165) is 33.6 Å². The largest absolute Gasteiger partial charge is 0.497 e. The summed E-state index contributed by atoms with van der Waals surface area (Å²) in [6.07, 6.45) is 0. The van der Waals surface area contributed by atoms with E-state index in [1.165, 1.54) is 0 Å². The van der Waals surface area contributed by atoms with Gasteiger partial charge in [-0.3, -0.25) is 0 Å². The van der Waals surface area contributed by atoms with E-state index < -0.39 is 0 Å². The van der Waals surface area contributed by atoms with Crippen LogP contribution in [-0.2, 0) is 0 Å². The molecule has 4 nitrogen and oxygen atoms in total. The lowest BCUT2D eigenvalue weighted by molar-refractivity contribution is 0.415. The number of hydrogen-bond acceptors (Lipinski definition) is 4. The van der Waals surface area contributed by atoms with Crippen LogP contribution in [0.25, 0.3) is 10.8 Å². The van der Waals surface area contributed by atoms with Gasteiger partial charge >= 0.3 is 0 Å². The van der Waals surface area contributed by atoms with Crippen LogP contribution in [0, 0.1) is 0 Å². The lowest BCUT2D eigenvalue weighted by atomic mass is 10.1. The monoisotopic (exact) mass is 277 g/mol. The Kier molecular flexibility index (Phi) is 3.51. The average Bonchev–Trinajstić information content (AvgIpc) is 2.55. The van der Waals surface area contributed by atoms with Gasteiger partial charge in [0.05, 0.1) is 18.5 Å². The highest BCUT2D eigenvalue weighted by Crippen LogP contribution is 2.31. The van der Waals surface area contributed by atoms with E-state index in [0.29, 0.717) is 0 Å². The van der Waals surface area contributed by atoms with Gasteiger partial charge in [0.15, 0.2) is 0 Å². The molecule has 2 N–H and O–H groups in total. The fourth-order valence-corrected chi connectivity index (χ4v) is 2.15. The summed E-state index contributed by atoms with van der Waals surface area (Å²) in [5, 5.41) is 10.6. The number of hydrogen-bond donors (Lipinski definition) is 1. The molecule has 4 heteroatoms. The molecule has 0 aliphatic rings. The van der Waals surface area contributed by atoms with Crippen molar-refractivity contribution in [2.75, 3.05) is 12.8 Å². The normalized spacial score (nSPS) is 11.1. The molecule has 0 heterocycles. The van der Waals surface area contributed by atoms with E-state index in [1.54, 1.807) is 7.11 Å². The van der Waals surface area contributed by atoms with Crippen LogP contribution in [0.2, 0.25) is 0 Å². The van der Waals surface area contributed by atoms with Crippen molar-refractivity contribution in [2.45, 2.75) is 0 Å². The predicted octanol–water partition coefficient (Wildman–Crippen LogP) is 4.85. The minimum atomic E-state index is 0.744. The second-order valence-corrected chi connectivity index (χ2v) is 4.62. The molecule has 3 aromatic carbocycles. The lowest BCUT2D eigenvalue weighted by Crippen LogP contribution is -1.86. The molecule has 0 saturated heterocycles. The van der Waals surface area contributed by atoms with E-state index in [9.17, 15) is 0 Å². The van der Waals surface area contributed by atoms with E-state index in [-0.39, 0.29) is 0 Å². The van der Waals surface area contributed by atoms with Crippen molar-refractivity contribution < 1.29 is 4.74 Å². The molecular formula is C17H15N3O. The van der Waals surface area contributed by atoms with Crippen molar-refractivity contribution in [3.63, 3.8) is 0 Å². The molecule has 3 aromatic rings. The molecule has 0 aromatic heterocycles. The van der Waals surface area contributed by atoms with Crippen LogP contribution in [0.5, 0.6) is 5.75 Å². The molecule has 0 fully saturated rings. The second-order valence-electron chi connectivity index (χ2n) is 4.62. The van der Waals surface area contributed by atoms with Crippen molar-refractivity contribution >= 4 is 27.8 Å². The van der Waals surface area contributed by atoms with Gasteiger partial charge in [0.1, 0.15) is 5.75 Å². The van der Waals surface area contributed by atoms with Gasteiger partial charge in [-0.15, -0.1) is 5.11 Å². The number of ether oxygens (including phenoxy) is 1. The maximum atomic E-state index is 5.98. The highest BCUT2D eigenvalue weighted by molar-refractivity contribution is 5.99. The Morgan fingerprint density at radius 1 is 0.810 bits per heavy atom. The highest BCUT2D eigenvalue weighted by atomic mass is 16.5. The number of rotatable bonds is 3. The third-order valence-corrected chi connectivity index (χ3v) is 3.28. The van der Waals surface area contributed by atoms with E-state index in [4.69, 9.17) is 10.5 Å². The number of methoxy groups -OCH3 is 1. The van der Waals surface area contributed by atoms with E-state index in [1.807, 2.05) is 60.7 Å². The molecular weight excluding hydrogens is 262 g/mol. The van der Waals surface area contributed by atoms with Crippen LogP contribution in [-0.4, -0.2) is 7.11 Å². The van der Waals surface area contributed by atoms with Gasteiger partial charge in [-0.2, -0.15) is 5.11 Å². The zero-order chi connectivity index (χ0) is 14.7. The number of anilines is 1. The topological polar surface area (TPSA) is 60.0 Å². The fourth-order valence-electron chi connectivity index (χ4n) is 2.15. The first kappa shape index (κ1) is 13.1. The molecule has 104 valence electrons. The Labute approximate surface area is 122 Å². The Morgan fingerprint density at radius 3 is 2.24 bits per heavy atom. The molecule has 0 atom stereocenters. The molecule has 21 heavy (non-hydrogen) atoms. The summed E-state index contributed by atoms with van der Waals surface area (Å²) < 4.78 is 5.12. The highest BCUT2D eigenvalue weighted by Gasteiger charge is 2.02. The van der Waals surface area contributed by atoms with Crippen LogP contribution in [0.1, 0.15) is 0 Å². The van der Waals surface area contributed by atoms with Gasteiger partial charge in [-0.05, 0) is 36.4 Å². The number of nitrogens with two attached hydrogens (primary N) is 1. The maximum Gasteiger partial charge on any atom is 0.119 e. The van der Waals surface area contributed by atoms with Crippen molar-refractivity contribution in [2.24, 2.45) is 10.2 Å². The third kappa shape index (κ3) is 2.69. The molecule has 0 saturated carbocycles. The molecule has 0 aliphatic carbocycles. The fraction of sp³-hybridized carbons (Fsp3) is 0.0588. The van der Waals surface area contributed by atoms with Crippen LogP contribution < -0.4 is 10.5 Å². The van der Waals surface area contributed by atoms with Gasteiger partial charge in [-0.1, -0.05) is 24.3 Å². The summed E-state index contributed by atoms with van der Waals surface area (Å²) in [7, 11) is 1.64. The van der Waals surface area contributed by atoms with E-state index in [2.05, 4.69) is 10.2 Å². The minimum Gasteiger partial charge on any atom is -0.497 e. The van der Waals surface area contributed by atoms with Gasteiger partial charge < -0.3 is 10.5 Å². The Bertz CT molecular complexity index is 795. The van der Waals surface area contributed by atoms with Gasteiger partial charge in [0, 0.05) is 16.5 Å². The number of nitrogen functional groups attached to an aromatic ring is 1. The smallest absolute Gasteiger partial charge is 0.119 e. The Morgan fingerprint density at radius 2 is 1.52 bits per heavy atom. The molecule has 0 amide bonds. The first-order chi connectivity index (χ1) is 10.3. The zero-order valence-electron chi connectivity index (χ0n) is 11.7. The average molecular weight is 277 g/mol. The third-order valence-electron chi connectivity index (χ3n) is 3.28. The van der Waals surface area contributed by atoms with Crippen molar-refractivity contribution in [1.82, 2.24) is 0 Å². The molecule has 0 bridgehead atoms. The van der Waals surface area contributed by atoms with Gasteiger partial charge in [0.25, 0.3) is 0 Å². The van der Waals surface area contributed by atoms with Crippen LogP contribution >= 0.6 is 0 Å². The summed E-state index contributed by atoms with van der Waals surface area (Å²) in [5.74, 6) is 0.798. The predicted molar refractivity (Wildman–Crippen MR) is 85.5 cm³/mol. The standard InChI is InChI=1S/C17H15N3O/c1-21-13-8-6-12(7-9-13)19-20-17-11-10-16(18)14-4-2-3-5-15(14)17/h2-11H,18H2,1H3. The first-order valence-electron chi connectivity index (χ1n) is 6.61. The SMILES string of the molecule is COc1ccc(N=Nc2ccc(N)c3ccccc23)cc1. The minimum absolute atomic E-state index is 0.744. The Hall–Kier alpha value is -2.88. The second kappa shape index (κ2) is 5.63. The van der Waals surface area contributed by atoms with Gasteiger partial charge in [0.2, 0.25) is 0 Å². The molecule has 3 rings (SSSR count). The quantitative estimate of drug-likeness (QED) is 0.549. The van der Waals surface area contributed by atoms with E-state index >= 15 is 0 Å². The van der Waals surface area contributed by atoms with Crippen LogP contribution in [0.3, 0.4) is 0 Å². The number of fused-ring (bicyclic) bond motifs is 1. The summed E-state index contributed by atoms with van der Waals surface area (Å²) in [4.78, 5) is 0. The summed E-state index contributed by atoms with van der Waals surface area (Å²) >= 11 is 0. The molecule has 0 unspecified atom stereocenters.